The van der Waals surface area contributed by atoms with Crippen LogP contribution in [0.25, 0.3) is 0 Å². The Bertz CT molecular complexity index is 548. The minimum absolute atomic E-state index is 0.189. The smallest absolute Gasteiger partial charge is 0.129 e. The summed E-state index contributed by atoms with van der Waals surface area (Å²) in [7, 11) is 0. The second kappa shape index (κ2) is 5.61. The highest BCUT2D eigenvalue weighted by atomic mass is 19.1. The summed E-state index contributed by atoms with van der Waals surface area (Å²) < 4.78 is 32.1. The van der Waals surface area contributed by atoms with Crippen molar-refractivity contribution in [2.45, 2.75) is 56.2 Å². The van der Waals surface area contributed by atoms with Crippen molar-refractivity contribution in [3.8, 4) is 11.8 Å². The molecule has 0 aromatic heterocycles. The maximum atomic E-state index is 13.2. The van der Waals surface area contributed by atoms with E-state index in [0.717, 1.165) is 38.2 Å². The molecule has 2 unspecified atom stereocenters. The minimum Gasteiger partial charge on any atom is -0.490 e. The number of hydrogen-bond acceptors (Lipinski definition) is 3. The molecule has 2 atom stereocenters. The Hall–Kier alpha value is -1.67. The van der Waals surface area contributed by atoms with Crippen molar-refractivity contribution in [1.82, 2.24) is 5.32 Å². The van der Waals surface area contributed by atoms with Gasteiger partial charge in [0.1, 0.15) is 29.0 Å². The van der Waals surface area contributed by atoms with Gasteiger partial charge in [-0.3, -0.25) is 5.32 Å². The van der Waals surface area contributed by atoms with Gasteiger partial charge in [-0.15, -0.1) is 0 Å². The maximum Gasteiger partial charge on any atom is 0.129 e. The summed E-state index contributed by atoms with van der Waals surface area (Å²) in [4.78, 5) is 0. The standard InChI is InChI=1S/C16H18F2N2O/c17-11-6-12(18)8-15(7-11)21-14-2-1-5-16(9-14,10-19)20-13-3-4-13/h6-8,13-14,20H,1-5,9H2. The Kier molecular flexibility index (Phi) is 3.81. The summed E-state index contributed by atoms with van der Waals surface area (Å²) in [6, 6.07) is 6.01. The van der Waals surface area contributed by atoms with Crippen molar-refractivity contribution in [2.75, 3.05) is 0 Å². The van der Waals surface area contributed by atoms with Crippen LogP contribution in [0, 0.1) is 23.0 Å². The molecule has 5 heteroatoms. The van der Waals surface area contributed by atoms with Gasteiger partial charge in [0.15, 0.2) is 0 Å². The molecule has 3 nitrogen and oxygen atoms in total. The number of benzene rings is 1. The van der Waals surface area contributed by atoms with Crippen molar-refractivity contribution >= 4 is 0 Å². The third-order valence-corrected chi connectivity index (χ3v) is 4.12. The third-order valence-electron chi connectivity index (χ3n) is 4.12. The van der Waals surface area contributed by atoms with Gasteiger partial charge in [-0.05, 0) is 32.1 Å². The van der Waals surface area contributed by atoms with Crippen LogP contribution in [0.1, 0.15) is 38.5 Å². The topological polar surface area (TPSA) is 45.0 Å². The van der Waals surface area contributed by atoms with Crippen molar-refractivity contribution in [3.05, 3.63) is 29.8 Å². The van der Waals surface area contributed by atoms with E-state index in [1.54, 1.807) is 0 Å². The summed E-state index contributed by atoms with van der Waals surface area (Å²) in [5.74, 6) is -1.11. The third kappa shape index (κ3) is 3.51. The van der Waals surface area contributed by atoms with E-state index >= 15 is 0 Å². The van der Waals surface area contributed by atoms with Crippen LogP contribution < -0.4 is 10.1 Å². The van der Waals surface area contributed by atoms with Gasteiger partial charge in [0.2, 0.25) is 0 Å². The Morgan fingerprint density at radius 1 is 1.19 bits per heavy atom. The van der Waals surface area contributed by atoms with E-state index in [1.807, 2.05) is 0 Å². The van der Waals surface area contributed by atoms with Gasteiger partial charge in [-0.2, -0.15) is 5.26 Å². The predicted molar refractivity (Wildman–Crippen MR) is 73.7 cm³/mol. The zero-order chi connectivity index (χ0) is 14.9. The first-order valence-electron chi connectivity index (χ1n) is 7.40. The van der Waals surface area contributed by atoms with Gasteiger partial charge in [-0.25, -0.2) is 8.78 Å². The van der Waals surface area contributed by atoms with E-state index in [2.05, 4.69) is 11.4 Å². The number of hydrogen-bond donors (Lipinski definition) is 1. The maximum absolute atomic E-state index is 13.2. The Morgan fingerprint density at radius 3 is 2.52 bits per heavy atom. The van der Waals surface area contributed by atoms with Gasteiger partial charge in [0.25, 0.3) is 0 Å². The molecule has 2 aliphatic rings. The van der Waals surface area contributed by atoms with Crippen LogP contribution >= 0.6 is 0 Å². The highest BCUT2D eigenvalue weighted by Gasteiger charge is 2.41. The summed E-state index contributed by atoms with van der Waals surface area (Å²) in [5.41, 5.74) is -0.560. The van der Waals surface area contributed by atoms with E-state index in [4.69, 9.17) is 4.74 Å². The average molecular weight is 292 g/mol. The highest BCUT2D eigenvalue weighted by Crippen LogP contribution is 2.34. The minimum atomic E-state index is -0.650. The summed E-state index contributed by atoms with van der Waals surface area (Å²) >= 11 is 0. The lowest BCUT2D eigenvalue weighted by atomic mass is 9.81. The molecule has 0 heterocycles. The normalized spacial score (nSPS) is 28.9. The molecular weight excluding hydrogens is 274 g/mol. The number of nitriles is 1. The molecular formula is C16H18F2N2O. The monoisotopic (exact) mass is 292 g/mol. The molecule has 2 aliphatic carbocycles. The van der Waals surface area contributed by atoms with Crippen LogP contribution in [0.5, 0.6) is 5.75 Å². The molecule has 0 aliphatic heterocycles. The molecule has 0 spiro atoms. The lowest BCUT2D eigenvalue weighted by Gasteiger charge is -2.36. The van der Waals surface area contributed by atoms with Gasteiger partial charge in [0, 0.05) is 30.7 Å². The van der Waals surface area contributed by atoms with Crippen molar-refractivity contribution in [2.24, 2.45) is 0 Å². The molecule has 2 fully saturated rings. The molecule has 1 aromatic rings. The zero-order valence-electron chi connectivity index (χ0n) is 11.7. The Labute approximate surface area is 122 Å². The fourth-order valence-electron chi connectivity index (χ4n) is 3.00. The van der Waals surface area contributed by atoms with Gasteiger partial charge in [-0.1, -0.05) is 0 Å². The van der Waals surface area contributed by atoms with E-state index in [-0.39, 0.29) is 11.9 Å². The number of rotatable bonds is 4. The number of ether oxygens (including phenoxy) is 1. The Balaban J connectivity index is 1.69. The summed E-state index contributed by atoms with van der Waals surface area (Å²) in [6.45, 7) is 0. The first kappa shape index (κ1) is 14.3. The van der Waals surface area contributed by atoms with Crippen LogP contribution in [-0.4, -0.2) is 17.7 Å². The van der Waals surface area contributed by atoms with E-state index in [0.29, 0.717) is 12.5 Å². The van der Waals surface area contributed by atoms with Crippen molar-refractivity contribution in [3.63, 3.8) is 0 Å². The molecule has 1 N–H and O–H groups in total. The SMILES string of the molecule is N#CC1(NC2CC2)CCCC(Oc2cc(F)cc(F)c2)C1. The quantitative estimate of drug-likeness (QED) is 0.926. The second-order valence-electron chi connectivity index (χ2n) is 6.05. The fraction of sp³-hybridized carbons (Fsp3) is 0.562. The average Bonchev–Trinajstić information content (AvgIpc) is 3.21. The molecule has 21 heavy (non-hydrogen) atoms. The first-order chi connectivity index (χ1) is 10.1. The summed E-state index contributed by atoms with van der Waals surface area (Å²) in [6.07, 6.45) is 5.07. The van der Waals surface area contributed by atoms with Crippen LogP contribution in [0.4, 0.5) is 8.78 Å². The number of nitrogens with one attached hydrogen (secondary N) is 1. The van der Waals surface area contributed by atoms with Crippen LogP contribution in [0.2, 0.25) is 0 Å². The first-order valence-corrected chi connectivity index (χ1v) is 7.40. The van der Waals surface area contributed by atoms with Crippen LogP contribution in [0.3, 0.4) is 0 Å². The Morgan fingerprint density at radius 2 is 1.90 bits per heavy atom. The molecule has 0 saturated heterocycles. The number of halogens is 2. The van der Waals surface area contributed by atoms with Gasteiger partial charge in [0.05, 0.1) is 6.07 Å². The molecule has 0 bridgehead atoms. The largest absolute Gasteiger partial charge is 0.490 e. The second-order valence-corrected chi connectivity index (χ2v) is 6.05. The van der Waals surface area contributed by atoms with E-state index in [9.17, 15) is 14.0 Å². The van der Waals surface area contributed by atoms with Crippen molar-refractivity contribution in [1.29, 1.82) is 5.26 Å². The van der Waals surface area contributed by atoms with Gasteiger partial charge >= 0.3 is 0 Å². The molecule has 112 valence electrons. The highest BCUT2D eigenvalue weighted by molar-refractivity contribution is 5.24. The summed E-state index contributed by atoms with van der Waals surface area (Å²) in [5, 5.41) is 12.9. The fourth-order valence-corrected chi connectivity index (χ4v) is 3.00. The van der Waals surface area contributed by atoms with Crippen molar-refractivity contribution < 1.29 is 13.5 Å². The van der Waals surface area contributed by atoms with Gasteiger partial charge < -0.3 is 4.74 Å². The molecule has 3 rings (SSSR count). The number of nitrogens with zero attached hydrogens (tertiary/aromatic N) is 1. The van der Waals surface area contributed by atoms with Crippen LogP contribution in [0.15, 0.2) is 18.2 Å². The zero-order valence-corrected chi connectivity index (χ0v) is 11.7. The lowest BCUT2D eigenvalue weighted by Crippen LogP contribution is -2.50. The molecule has 0 radical (unpaired) electrons. The molecule has 1 aromatic carbocycles. The van der Waals surface area contributed by atoms with E-state index < -0.39 is 17.2 Å². The molecule has 2 saturated carbocycles. The predicted octanol–water partition coefficient (Wildman–Crippen LogP) is 3.30. The van der Waals surface area contributed by atoms with Crippen LogP contribution in [-0.2, 0) is 0 Å². The molecule has 0 amide bonds. The van der Waals surface area contributed by atoms with E-state index in [1.165, 1.54) is 12.1 Å². The lowest BCUT2D eigenvalue weighted by molar-refractivity contribution is 0.111.